The molecule has 1 N–H and O–H groups in total. The van der Waals surface area contributed by atoms with Gasteiger partial charge in [0.2, 0.25) is 0 Å². The van der Waals surface area contributed by atoms with Crippen LogP contribution in [0.2, 0.25) is 0 Å². The maximum atomic E-state index is 13.1. The zero-order chi connectivity index (χ0) is 12.5. The van der Waals surface area contributed by atoms with E-state index in [1.54, 1.807) is 0 Å². The third-order valence-corrected chi connectivity index (χ3v) is 3.24. The van der Waals surface area contributed by atoms with Crippen LogP contribution in [0.25, 0.3) is 22.1 Å². The summed E-state index contributed by atoms with van der Waals surface area (Å²) in [5, 5.41) is 8.63. The highest BCUT2D eigenvalue weighted by molar-refractivity contribution is 7.13. The topological polar surface area (TPSA) is 41.6 Å². The minimum Gasteiger partial charge on any atom is -0.258 e. The number of nitrogens with zero attached hydrogens (tertiary/aromatic N) is 2. The molecule has 0 unspecified atom stereocenters. The Morgan fingerprint density at radius 2 is 1.89 bits per heavy atom. The molecule has 0 radical (unpaired) electrons. The lowest BCUT2D eigenvalue weighted by molar-refractivity contribution is 0.584. The zero-order valence-electron chi connectivity index (χ0n) is 9.02. The second kappa shape index (κ2) is 4.30. The maximum absolute atomic E-state index is 13.1. The van der Waals surface area contributed by atoms with Gasteiger partial charge in [0.05, 0.1) is 4.88 Å². The lowest BCUT2D eigenvalue weighted by atomic mass is 10.2. The minimum absolute atomic E-state index is 0.275. The van der Waals surface area contributed by atoms with E-state index >= 15 is 0 Å². The lowest BCUT2D eigenvalue weighted by Gasteiger charge is -1.96. The van der Waals surface area contributed by atoms with E-state index in [9.17, 15) is 8.78 Å². The van der Waals surface area contributed by atoms with Crippen molar-refractivity contribution in [3.8, 4) is 22.1 Å². The second-order valence-corrected chi connectivity index (χ2v) is 4.59. The average Bonchev–Trinajstić information content (AvgIpc) is 2.99. The van der Waals surface area contributed by atoms with Crippen molar-refractivity contribution in [2.75, 3.05) is 0 Å². The number of aromatic nitrogens is 3. The second-order valence-electron chi connectivity index (χ2n) is 3.64. The summed E-state index contributed by atoms with van der Waals surface area (Å²) in [6, 6.07) is 7.00. The molecular formula is C12H7F2N3S. The predicted octanol–water partition coefficient (Wildman–Crippen LogP) is 3.48. The first kappa shape index (κ1) is 11.0. The van der Waals surface area contributed by atoms with Gasteiger partial charge < -0.3 is 0 Å². The number of thiophene rings is 1. The number of nitrogens with one attached hydrogen (secondary N) is 1. The first-order valence-corrected chi connectivity index (χ1v) is 6.03. The molecule has 0 spiro atoms. The van der Waals surface area contributed by atoms with Crippen molar-refractivity contribution in [1.29, 1.82) is 0 Å². The maximum Gasteiger partial charge on any atom is 0.181 e. The molecule has 3 rings (SSSR count). The van der Waals surface area contributed by atoms with Crippen LogP contribution in [0.15, 0.2) is 35.7 Å². The SMILES string of the molecule is Fc1cc(F)cc(-c2n[nH]c(-c3cccs3)n2)c1. The fraction of sp³-hybridized carbons (Fsp3) is 0. The van der Waals surface area contributed by atoms with E-state index in [2.05, 4.69) is 15.2 Å². The highest BCUT2D eigenvalue weighted by Gasteiger charge is 2.10. The standard InChI is InChI=1S/C12H7F2N3S/c13-8-4-7(5-9(14)6-8)11-15-12(17-16-11)10-2-1-3-18-10/h1-6H,(H,15,16,17). The van der Waals surface area contributed by atoms with Gasteiger partial charge in [-0.15, -0.1) is 11.3 Å². The molecule has 6 heteroatoms. The normalized spacial score (nSPS) is 10.8. The monoisotopic (exact) mass is 263 g/mol. The van der Waals surface area contributed by atoms with E-state index in [0.717, 1.165) is 10.9 Å². The Morgan fingerprint density at radius 1 is 1.11 bits per heavy atom. The Balaban J connectivity index is 2.03. The smallest absolute Gasteiger partial charge is 0.181 e. The molecule has 3 nitrogen and oxygen atoms in total. The van der Waals surface area contributed by atoms with E-state index in [0.29, 0.717) is 11.4 Å². The molecule has 0 aliphatic rings. The molecule has 1 aromatic carbocycles. The van der Waals surface area contributed by atoms with Crippen LogP contribution >= 0.6 is 11.3 Å². The van der Waals surface area contributed by atoms with Crippen molar-refractivity contribution in [2.24, 2.45) is 0 Å². The van der Waals surface area contributed by atoms with E-state index < -0.39 is 11.6 Å². The van der Waals surface area contributed by atoms with Gasteiger partial charge in [-0.25, -0.2) is 13.8 Å². The molecule has 2 heterocycles. The summed E-state index contributed by atoms with van der Waals surface area (Å²) in [6.07, 6.45) is 0. The van der Waals surface area contributed by atoms with Gasteiger partial charge in [-0.05, 0) is 23.6 Å². The van der Waals surface area contributed by atoms with Crippen LogP contribution in [0, 0.1) is 11.6 Å². The number of H-pyrrole nitrogens is 1. The molecule has 0 saturated heterocycles. The van der Waals surface area contributed by atoms with Crippen LogP contribution < -0.4 is 0 Å². The number of rotatable bonds is 2. The molecule has 90 valence electrons. The van der Waals surface area contributed by atoms with Gasteiger partial charge in [0.25, 0.3) is 0 Å². The molecule has 0 aliphatic heterocycles. The van der Waals surface area contributed by atoms with Crippen LogP contribution in [0.3, 0.4) is 0 Å². The van der Waals surface area contributed by atoms with Crippen molar-refractivity contribution >= 4 is 11.3 Å². The van der Waals surface area contributed by atoms with E-state index in [4.69, 9.17) is 0 Å². The molecule has 0 atom stereocenters. The van der Waals surface area contributed by atoms with Gasteiger partial charge in [-0.3, -0.25) is 5.10 Å². The number of benzene rings is 1. The Labute approximate surface area is 105 Å². The van der Waals surface area contributed by atoms with Gasteiger partial charge in [0, 0.05) is 11.6 Å². The summed E-state index contributed by atoms with van der Waals surface area (Å²) in [5.41, 5.74) is 0.312. The molecular weight excluding hydrogens is 256 g/mol. The molecule has 2 aromatic heterocycles. The van der Waals surface area contributed by atoms with Crippen molar-refractivity contribution in [1.82, 2.24) is 15.2 Å². The summed E-state index contributed by atoms with van der Waals surface area (Å²) >= 11 is 1.51. The Hall–Kier alpha value is -2.08. The molecule has 0 amide bonds. The molecule has 0 fully saturated rings. The Morgan fingerprint density at radius 3 is 2.56 bits per heavy atom. The number of aromatic amines is 1. The van der Waals surface area contributed by atoms with Crippen LogP contribution in [-0.4, -0.2) is 15.2 Å². The molecule has 3 aromatic rings. The molecule has 0 aliphatic carbocycles. The fourth-order valence-corrected chi connectivity index (χ4v) is 2.26. The van der Waals surface area contributed by atoms with Gasteiger partial charge >= 0.3 is 0 Å². The van der Waals surface area contributed by atoms with Crippen LogP contribution in [0.4, 0.5) is 8.78 Å². The number of hydrogen-bond donors (Lipinski definition) is 1. The van der Waals surface area contributed by atoms with Crippen molar-refractivity contribution in [3.05, 3.63) is 47.3 Å². The number of hydrogen-bond acceptors (Lipinski definition) is 3. The summed E-state index contributed by atoms with van der Waals surface area (Å²) in [7, 11) is 0. The average molecular weight is 263 g/mol. The van der Waals surface area contributed by atoms with Crippen molar-refractivity contribution < 1.29 is 8.78 Å². The van der Waals surface area contributed by atoms with Gasteiger partial charge in [-0.1, -0.05) is 6.07 Å². The fourth-order valence-electron chi connectivity index (χ4n) is 1.60. The van der Waals surface area contributed by atoms with Gasteiger partial charge in [0.15, 0.2) is 11.6 Å². The quantitative estimate of drug-likeness (QED) is 0.769. The largest absolute Gasteiger partial charge is 0.258 e. The summed E-state index contributed by atoms with van der Waals surface area (Å²) in [4.78, 5) is 5.14. The van der Waals surface area contributed by atoms with E-state index in [-0.39, 0.29) is 5.82 Å². The number of halogens is 2. The van der Waals surface area contributed by atoms with Gasteiger partial charge in [0.1, 0.15) is 11.6 Å². The lowest BCUT2D eigenvalue weighted by Crippen LogP contribution is -1.85. The molecule has 0 bridgehead atoms. The van der Waals surface area contributed by atoms with E-state index in [1.807, 2.05) is 17.5 Å². The highest BCUT2D eigenvalue weighted by Crippen LogP contribution is 2.24. The molecule has 18 heavy (non-hydrogen) atoms. The van der Waals surface area contributed by atoms with Crippen LogP contribution in [-0.2, 0) is 0 Å². The van der Waals surface area contributed by atoms with Crippen molar-refractivity contribution in [2.45, 2.75) is 0 Å². The summed E-state index contributed by atoms with van der Waals surface area (Å²) in [5.74, 6) is -0.429. The first-order valence-electron chi connectivity index (χ1n) is 5.15. The third-order valence-electron chi connectivity index (χ3n) is 2.36. The zero-order valence-corrected chi connectivity index (χ0v) is 9.84. The highest BCUT2D eigenvalue weighted by atomic mass is 32.1. The van der Waals surface area contributed by atoms with Crippen LogP contribution in [0.1, 0.15) is 0 Å². The van der Waals surface area contributed by atoms with Crippen LogP contribution in [0.5, 0.6) is 0 Å². The minimum atomic E-state index is -0.646. The predicted molar refractivity (Wildman–Crippen MR) is 65.0 cm³/mol. The summed E-state index contributed by atoms with van der Waals surface area (Å²) < 4.78 is 26.2. The molecule has 0 saturated carbocycles. The van der Waals surface area contributed by atoms with E-state index in [1.165, 1.54) is 23.5 Å². The Kier molecular flexibility index (Phi) is 2.64. The Bertz CT molecular complexity index is 656. The van der Waals surface area contributed by atoms with Gasteiger partial charge in [-0.2, -0.15) is 5.10 Å². The first-order chi connectivity index (χ1) is 8.72. The third kappa shape index (κ3) is 2.02. The summed E-state index contributed by atoms with van der Waals surface area (Å²) in [6.45, 7) is 0. The van der Waals surface area contributed by atoms with Crippen molar-refractivity contribution in [3.63, 3.8) is 0 Å².